The summed E-state index contributed by atoms with van der Waals surface area (Å²) in [5.41, 5.74) is 0. The molecule has 0 fully saturated rings. The summed E-state index contributed by atoms with van der Waals surface area (Å²) in [6, 6.07) is -0.554. The van der Waals surface area contributed by atoms with E-state index in [-0.39, 0.29) is 5.92 Å². The lowest BCUT2D eigenvalue weighted by Crippen LogP contribution is -2.48. The predicted molar refractivity (Wildman–Crippen MR) is 54.2 cm³/mol. The van der Waals surface area contributed by atoms with Crippen molar-refractivity contribution in [3.63, 3.8) is 0 Å². The minimum atomic E-state index is -5.45. The highest BCUT2D eigenvalue weighted by Gasteiger charge is 2.58. The highest BCUT2D eigenvalue weighted by atomic mass is 19.4. The Kier molecular flexibility index (Phi) is 6.42. The zero-order chi connectivity index (χ0) is 14.6. The smallest absolute Gasteiger partial charge is 0.359 e. The van der Waals surface area contributed by atoms with E-state index in [2.05, 4.69) is 10.1 Å². The van der Waals surface area contributed by atoms with E-state index in [4.69, 9.17) is 0 Å². The Labute approximate surface area is 102 Å². The van der Waals surface area contributed by atoms with Gasteiger partial charge in [0.05, 0.1) is 6.61 Å². The maximum Gasteiger partial charge on any atom is 0.423 e. The summed E-state index contributed by atoms with van der Waals surface area (Å²) in [7, 11) is 0. The normalized spacial score (nSPS) is 15.5. The lowest BCUT2D eigenvalue weighted by molar-refractivity contribution is -0.323. The molecular weight excluding hydrogens is 264 g/mol. The van der Waals surface area contributed by atoms with Crippen molar-refractivity contribution < 1.29 is 31.1 Å². The zero-order valence-corrected chi connectivity index (χ0v) is 10.3. The number of hydrogen-bond donors (Lipinski definition) is 1. The molecule has 0 aromatic rings. The second-order valence-corrected chi connectivity index (χ2v) is 4.20. The molecule has 2 nitrogen and oxygen atoms in total. The number of ether oxygens (including phenoxy) is 1. The Bertz CT molecular complexity index is 224. The second kappa shape index (κ2) is 6.60. The Morgan fingerprint density at radius 1 is 1.00 bits per heavy atom. The van der Waals surface area contributed by atoms with Gasteiger partial charge in [-0.15, -0.1) is 0 Å². The van der Waals surface area contributed by atoms with Crippen LogP contribution in [0.4, 0.5) is 26.3 Å². The predicted octanol–water partition coefficient (Wildman–Crippen LogP) is 3.13. The summed E-state index contributed by atoms with van der Waals surface area (Å²) < 4.78 is 77.2. The number of nitrogens with one attached hydrogen (secondary N) is 1. The average Bonchev–Trinajstić information content (AvgIpc) is 2.11. The van der Waals surface area contributed by atoms with Crippen LogP contribution in [0.1, 0.15) is 20.8 Å². The Morgan fingerprint density at radius 2 is 1.44 bits per heavy atom. The molecule has 0 heterocycles. The quantitative estimate of drug-likeness (QED) is 0.755. The number of halogens is 6. The molecule has 1 N–H and O–H groups in total. The van der Waals surface area contributed by atoms with Gasteiger partial charge < -0.3 is 10.1 Å². The van der Waals surface area contributed by atoms with Crippen molar-refractivity contribution in [2.24, 2.45) is 5.92 Å². The van der Waals surface area contributed by atoms with E-state index in [0.717, 1.165) is 0 Å². The van der Waals surface area contributed by atoms with E-state index >= 15 is 0 Å². The number of rotatable bonds is 6. The van der Waals surface area contributed by atoms with Crippen LogP contribution in [-0.4, -0.2) is 37.7 Å². The molecule has 0 bridgehead atoms. The molecule has 110 valence electrons. The largest absolute Gasteiger partial charge is 0.423 e. The number of hydrogen-bond acceptors (Lipinski definition) is 2. The highest BCUT2D eigenvalue weighted by molar-refractivity contribution is 4.78. The van der Waals surface area contributed by atoms with E-state index in [1.165, 1.54) is 0 Å². The average molecular weight is 281 g/mol. The molecule has 1 atom stereocenters. The van der Waals surface area contributed by atoms with Gasteiger partial charge in [0, 0.05) is 6.04 Å². The molecule has 0 spiro atoms. The molecule has 0 radical (unpaired) electrons. The van der Waals surface area contributed by atoms with Crippen LogP contribution in [0.5, 0.6) is 0 Å². The molecule has 0 saturated heterocycles. The molecule has 0 rings (SSSR count). The van der Waals surface area contributed by atoms with Crippen LogP contribution in [0.25, 0.3) is 0 Å². The van der Waals surface area contributed by atoms with Crippen molar-refractivity contribution in [2.75, 3.05) is 13.2 Å². The van der Waals surface area contributed by atoms with Crippen molar-refractivity contribution >= 4 is 0 Å². The Hall–Kier alpha value is -0.500. The zero-order valence-electron chi connectivity index (χ0n) is 10.3. The van der Waals surface area contributed by atoms with Gasteiger partial charge in [-0.2, -0.15) is 26.3 Å². The van der Waals surface area contributed by atoms with Crippen LogP contribution in [-0.2, 0) is 4.74 Å². The molecule has 0 amide bonds. The van der Waals surface area contributed by atoms with Gasteiger partial charge in [0.15, 0.2) is 0 Å². The maximum absolute atomic E-state index is 12.2. The fourth-order valence-corrected chi connectivity index (χ4v) is 1.32. The summed E-state index contributed by atoms with van der Waals surface area (Å²) in [5, 5.41) is 2.78. The van der Waals surface area contributed by atoms with Gasteiger partial charge in [-0.1, -0.05) is 20.8 Å². The second-order valence-electron chi connectivity index (χ2n) is 4.20. The van der Waals surface area contributed by atoms with Crippen molar-refractivity contribution in [1.29, 1.82) is 0 Å². The molecule has 0 aliphatic heterocycles. The first-order chi connectivity index (χ1) is 8.00. The topological polar surface area (TPSA) is 21.3 Å². The van der Waals surface area contributed by atoms with Crippen molar-refractivity contribution in [3.05, 3.63) is 0 Å². The van der Waals surface area contributed by atoms with Gasteiger partial charge >= 0.3 is 12.4 Å². The third-order valence-electron chi connectivity index (χ3n) is 2.31. The van der Waals surface area contributed by atoms with Crippen LogP contribution >= 0.6 is 0 Å². The van der Waals surface area contributed by atoms with Crippen LogP contribution in [0.15, 0.2) is 0 Å². The summed E-state index contributed by atoms with van der Waals surface area (Å²) in [4.78, 5) is 0. The van der Waals surface area contributed by atoms with Crippen molar-refractivity contribution in [2.45, 2.75) is 45.3 Å². The molecular formula is C10H17F6NO. The third kappa shape index (κ3) is 5.90. The lowest BCUT2D eigenvalue weighted by atomic mass is 10.1. The fourth-order valence-electron chi connectivity index (χ4n) is 1.32. The van der Waals surface area contributed by atoms with Gasteiger partial charge in [-0.05, 0) is 12.5 Å². The van der Waals surface area contributed by atoms with Crippen LogP contribution in [0.2, 0.25) is 0 Å². The number of alkyl halides is 6. The van der Waals surface area contributed by atoms with Crippen LogP contribution in [0.3, 0.4) is 0 Å². The molecule has 0 aromatic carbocycles. The summed E-state index contributed by atoms with van der Waals surface area (Å²) >= 11 is 0. The SMILES string of the molecule is CCNC(COC(C(F)(F)F)C(F)(F)F)C(C)C. The molecule has 18 heavy (non-hydrogen) atoms. The van der Waals surface area contributed by atoms with Crippen LogP contribution < -0.4 is 5.32 Å². The highest BCUT2D eigenvalue weighted by Crippen LogP contribution is 2.35. The minimum absolute atomic E-state index is 0.132. The lowest BCUT2D eigenvalue weighted by Gasteiger charge is -2.27. The van der Waals surface area contributed by atoms with Gasteiger partial charge in [-0.3, -0.25) is 0 Å². The first-order valence-corrected chi connectivity index (χ1v) is 5.48. The number of likely N-dealkylation sites (N-methyl/N-ethyl adjacent to an activating group) is 1. The van der Waals surface area contributed by atoms with E-state index in [1.807, 2.05) is 0 Å². The third-order valence-corrected chi connectivity index (χ3v) is 2.31. The first kappa shape index (κ1) is 17.5. The Balaban J connectivity index is 4.61. The molecule has 1 unspecified atom stereocenters. The molecule has 0 aliphatic rings. The van der Waals surface area contributed by atoms with E-state index < -0.39 is 31.1 Å². The molecule has 0 aliphatic carbocycles. The van der Waals surface area contributed by atoms with E-state index in [9.17, 15) is 26.3 Å². The van der Waals surface area contributed by atoms with Gasteiger partial charge in [0.2, 0.25) is 6.10 Å². The van der Waals surface area contributed by atoms with Gasteiger partial charge in [0.1, 0.15) is 0 Å². The standard InChI is InChI=1S/C10H17F6NO/c1-4-17-7(6(2)3)5-18-8(9(11,12)13)10(14,15)16/h6-8,17H,4-5H2,1-3H3. The van der Waals surface area contributed by atoms with E-state index in [1.54, 1.807) is 20.8 Å². The summed E-state index contributed by atoms with van der Waals surface area (Å²) in [5.74, 6) is -0.132. The van der Waals surface area contributed by atoms with Crippen molar-refractivity contribution in [3.8, 4) is 0 Å². The fraction of sp³-hybridized carbons (Fsp3) is 1.00. The Morgan fingerprint density at radius 3 is 1.72 bits per heavy atom. The van der Waals surface area contributed by atoms with Gasteiger partial charge in [-0.25, -0.2) is 0 Å². The molecule has 8 heteroatoms. The summed E-state index contributed by atoms with van der Waals surface area (Å²) in [6.07, 6.45) is -14.6. The van der Waals surface area contributed by atoms with E-state index in [0.29, 0.717) is 6.54 Å². The van der Waals surface area contributed by atoms with Gasteiger partial charge in [0.25, 0.3) is 0 Å². The summed E-state index contributed by atoms with van der Waals surface area (Å²) in [6.45, 7) is 4.88. The molecule has 0 saturated carbocycles. The van der Waals surface area contributed by atoms with Crippen molar-refractivity contribution in [1.82, 2.24) is 5.32 Å². The molecule has 0 aromatic heterocycles. The van der Waals surface area contributed by atoms with Crippen LogP contribution in [0, 0.1) is 5.92 Å². The first-order valence-electron chi connectivity index (χ1n) is 5.48. The maximum atomic E-state index is 12.2. The monoisotopic (exact) mass is 281 g/mol. The minimum Gasteiger partial charge on any atom is -0.359 e.